The van der Waals surface area contributed by atoms with E-state index < -0.39 is 10.8 Å². The highest BCUT2D eigenvalue weighted by Gasteiger charge is 2.65. The quantitative estimate of drug-likeness (QED) is 0.396. The number of rotatable bonds is 4. The van der Waals surface area contributed by atoms with Crippen LogP contribution in [-0.2, 0) is 19.2 Å². The number of nitrogens with zero attached hydrogens (tertiary/aromatic N) is 4. The van der Waals surface area contributed by atoms with Gasteiger partial charge in [0, 0.05) is 38.0 Å². The first-order valence-electron chi connectivity index (χ1n) is 14.8. The minimum atomic E-state index is -0.486. The number of piperazine rings is 1. The third-order valence-corrected chi connectivity index (χ3v) is 11.8. The van der Waals surface area contributed by atoms with Crippen molar-refractivity contribution in [1.29, 1.82) is 0 Å². The zero-order valence-electron chi connectivity index (χ0n) is 25.1. The van der Waals surface area contributed by atoms with Crippen LogP contribution in [0.3, 0.4) is 0 Å². The van der Waals surface area contributed by atoms with E-state index in [1.165, 1.54) is 9.80 Å². The molecule has 2 aliphatic carbocycles. The second-order valence-electron chi connectivity index (χ2n) is 14.0. The van der Waals surface area contributed by atoms with Crippen molar-refractivity contribution in [1.82, 2.24) is 19.6 Å². The first-order chi connectivity index (χ1) is 18.8. The molecule has 3 saturated heterocycles. The smallest absolute Gasteiger partial charge is 0.236 e. The van der Waals surface area contributed by atoms with E-state index in [1.54, 1.807) is 0 Å². The van der Waals surface area contributed by atoms with Gasteiger partial charge in [-0.05, 0) is 36.5 Å². The van der Waals surface area contributed by atoms with E-state index in [0.717, 1.165) is 51.9 Å². The van der Waals surface area contributed by atoms with Gasteiger partial charge in [0.05, 0.1) is 37.0 Å². The van der Waals surface area contributed by atoms with Crippen molar-refractivity contribution in [3.05, 3.63) is 0 Å². The van der Waals surface area contributed by atoms with Crippen LogP contribution >= 0.6 is 0 Å². The van der Waals surface area contributed by atoms with Gasteiger partial charge in [0.15, 0.2) is 0 Å². The third-order valence-electron chi connectivity index (χ3n) is 11.8. The molecule has 0 radical (unpaired) electrons. The van der Waals surface area contributed by atoms with Crippen LogP contribution in [0.5, 0.6) is 0 Å². The van der Waals surface area contributed by atoms with E-state index in [-0.39, 0.29) is 59.4 Å². The Morgan fingerprint density at radius 1 is 0.575 bits per heavy atom. The molecule has 5 aliphatic rings. The molecule has 8 heteroatoms. The van der Waals surface area contributed by atoms with Crippen LogP contribution in [0, 0.1) is 57.2 Å². The Labute approximate surface area is 239 Å². The maximum absolute atomic E-state index is 13.1. The molecule has 40 heavy (non-hydrogen) atoms. The van der Waals surface area contributed by atoms with Crippen molar-refractivity contribution in [2.75, 3.05) is 52.4 Å². The maximum Gasteiger partial charge on any atom is 0.236 e. The number of amides is 4. The van der Waals surface area contributed by atoms with Gasteiger partial charge >= 0.3 is 0 Å². The van der Waals surface area contributed by atoms with E-state index in [1.807, 2.05) is 13.8 Å². The summed E-state index contributed by atoms with van der Waals surface area (Å²) in [5.41, 5.74) is -1.57. The van der Waals surface area contributed by atoms with Crippen LogP contribution in [0.4, 0.5) is 0 Å². The van der Waals surface area contributed by atoms with E-state index in [4.69, 9.17) is 0 Å². The highest BCUT2D eigenvalue weighted by molar-refractivity contribution is 6.04. The van der Waals surface area contributed by atoms with E-state index in [9.17, 15) is 19.2 Å². The Balaban J connectivity index is 1.05. The molecule has 0 aromatic rings. The SMILES string of the molecule is CC1(C)[C@@H]2CC[C@@]1(C)C(=O)N(CC#CCN1CCN(CC#CCN3C(=O)[C@@H]4CC[C@](C)(C3=O)C4(C)C)CC1)C2=O. The molecule has 5 fully saturated rings. The number of carbonyl (C=O) groups is 4. The maximum atomic E-state index is 13.1. The largest absolute Gasteiger partial charge is 0.290 e. The fourth-order valence-electron chi connectivity index (χ4n) is 7.81. The summed E-state index contributed by atoms with van der Waals surface area (Å²) in [6.45, 7) is 17.2. The molecule has 0 aromatic carbocycles. The monoisotopic (exact) mass is 548 g/mol. The van der Waals surface area contributed by atoms with Crippen LogP contribution in [0.2, 0.25) is 0 Å². The minimum Gasteiger partial charge on any atom is -0.290 e. The summed E-state index contributed by atoms with van der Waals surface area (Å²) in [4.78, 5) is 59.5. The summed E-state index contributed by atoms with van der Waals surface area (Å²) in [6.07, 6.45) is 3.08. The zero-order valence-corrected chi connectivity index (χ0v) is 25.1. The molecule has 216 valence electrons. The Morgan fingerprint density at radius 3 is 1.25 bits per heavy atom. The van der Waals surface area contributed by atoms with Crippen LogP contribution < -0.4 is 0 Å². The summed E-state index contributed by atoms with van der Waals surface area (Å²) < 4.78 is 0. The van der Waals surface area contributed by atoms with Crippen LogP contribution in [0.15, 0.2) is 0 Å². The molecular weight excluding hydrogens is 504 g/mol. The van der Waals surface area contributed by atoms with Gasteiger partial charge in [0.25, 0.3) is 0 Å². The van der Waals surface area contributed by atoms with Crippen molar-refractivity contribution >= 4 is 23.6 Å². The number of hydrogen-bond acceptors (Lipinski definition) is 6. The van der Waals surface area contributed by atoms with Gasteiger partial charge in [0.1, 0.15) is 0 Å². The molecule has 8 nitrogen and oxygen atoms in total. The molecule has 4 bridgehead atoms. The molecule has 2 saturated carbocycles. The number of imide groups is 2. The second kappa shape index (κ2) is 10.00. The van der Waals surface area contributed by atoms with Crippen molar-refractivity contribution in [3.63, 3.8) is 0 Å². The lowest BCUT2D eigenvalue weighted by Crippen LogP contribution is -2.59. The summed E-state index contributed by atoms with van der Waals surface area (Å²) in [7, 11) is 0. The van der Waals surface area contributed by atoms with Gasteiger partial charge in [-0.3, -0.25) is 38.8 Å². The average Bonchev–Trinajstić information content (AvgIpc) is 3.22. The topological polar surface area (TPSA) is 81.2 Å². The highest BCUT2D eigenvalue weighted by atomic mass is 16.2. The number of carbonyl (C=O) groups excluding carboxylic acids is 4. The van der Waals surface area contributed by atoms with Gasteiger partial charge in [0.2, 0.25) is 23.6 Å². The van der Waals surface area contributed by atoms with E-state index >= 15 is 0 Å². The summed E-state index contributed by atoms with van der Waals surface area (Å²) in [5, 5.41) is 0. The lowest BCUT2D eigenvalue weighted by atomic mass is 9.62. The molecule has 4 amide bonds. The van der Waals surface area contributed by atoms with Gasteiger partial charge < -0.3 is 0 Å². The van der Waals surface area contributed by atoms with Crippen molar-refractivity contribution in [2.24, 2.45) is 33.5 Å². The standard InChI is InChI=1S/C32H44N4O4/c1-29(2)23-11-13-31(29,5)27(39)35(25(23)37)17-9-7-15-33-19-21-34(22-20-33)16-8-10-18-36-26(38)24-12-14-32(6,28(36)40)30(24,3)4/h23-24H,11-22H2,1-6H3/t23-,24+,31+,32-. The molecule has 0 aromatic heterocycles. The van der Waals surface area contributed by atoms with Gasteiger partial charge in [-0.25, -0.2) is 0 Å². The average molecular weight is 549 g/mol. The van der Waals surface area contributed by atoms with Gasteiger partial charge in [-0.2, -0.15) is 0 Å². The molecular formula is C32H44N4O4. The van der Waals surface area contributed by atoms with Crippen LogP contribution in [0.1, 0.15) is 67.2 Å². The van der Waals surface area contributed by atoms with E-state index in [0.29, 0.717) is 13.1 Å². The minimum absolute atomic E-state index is 0.0617. The molecule has 3 heterocycles. The van der Waals surface area contributed by atoms with Crippen LogP contribution in [-0.4, -0.2) is 95.6 Å². The Bertz CT molecular complexity index is 1140. The molecule has 5 rings (SSSR count). The molecule has 0 spiro atoms. The molecule has 0 unspecified atom stereocenters. The predicted molar refractivity (Wildman–Crippen MR) is 151 cm³/mol. The Hall–Kier alpha value is -2.68. The number of fused-ring (bicyclic) bond motifs is 4. The number of hydrogen-bond donors (Lipinski definition) is 0. The number of piperidine rings is 2. The second-order valence-corrected chi connectivity index (χ2v) is 14.0. The Morgan fingerprint density at radius 2 is 0.900 bits per heavy atom. The summed E-state index contributed by atoms with van der Waals surface area (Å²) in [5.74, 6) is 12.1. The highest BCUT2D eigenvalue weighted by Crippen LogP contribution is 2.61. The van der Waals surface area contributed by atoms with Gasteiger partial charge in [-0.15, -0.1) is 0 Å². The lowest BCUT2D eigenvalue weighted by molar-refractivity contribution is -0.168. The van der Waals surface area contributed by atoms with Gasteiger partial charge in [-0.1, -0.05) is 65.2 Å². The first kappa shape index (κ1) is 28.8. The van der Waals surface area contributed by atoms with Crippen LogP contribution in [0.25, 0.3) is 0 Å². The van der Waals surface area contributed by atoms with E-state index in [2.05, 4.69) is 61.2 Å². The lowest BCUT2D eigenvalue weighted by Gasteiger charge is -2.47. The fraction of sp³-hybridized carbons (Fsp3) is 0.750. The Kier molecular flexibility index (Phi) is 7.21. The fourth-order valence-corrected chi connectivity index (χ4v) is 7.81. The van der Waals surface area contributed by atoms with Crippen molar-refractivity contribution in [3.8, 4) is 23.7 Å². The molecule has 4 atom stereocenters. The summed E-state index contributed by atoms with van der Waals surface area (Å²) >= 11 is 0. The number of likely N-dealkylation sites (tertiary alicyclic amines) is 2. The first-order valence-corrected chi connectivity index (χ1v) is 14.8. The van der Waals surface area contributed by atoms with Crippen molar-refractivity contribution < 1.29 is 19.2 Å². The third kappa shape index (κ3) is 4.22. The predicted octanol–water partition coefficient (Wildman–Crippen LogP) is 2.23. The summed E-state index contributed by atoms with van der Waals surface area (Å²) in [6, 6.07) is 0. The molecule has 0 N–H and O–H groups in total. The van der Waals surface area contributed by atoms with Crippen molar-refractivity contribution in [2.45, 2.75) is 67.2 Å². The normalized spacial score (nSPS) is 35.0. The zero-order chi connectivity index (χ0) is 29.1. The molecule has 3 aliphatic heterocycles.